The molecule has 0 saturated heterocycles. The second-order valence-corrected chi connectivity index (χ2v) is 6.36. The molecule has 0 aliphatic rings. The molecule has 2 rings (SSSR count). The highest BCUT2D eigenvalue weighted by Gasteiger charge is 2.05. The van der Waals surface area contributed by atoms with Crippen molar-refractivity contribution in [1.82, 2.24) is 5.32 Å². The number of halogens is 1. The van der Waals surface area contributed by atoms with Crippen molar-refractivity contribution in [3.63, 3.8) is 0 Å². The molecule has 112 valence electrons. The quantitative estimate of drug-likeness (QED) is 0.724. The van der Waals surface area contributed by atoms with Crippen LogP contribution in [0.25, 0.3) is 0 Å². The summed E-state index contributed by atoms with van der Waals surface area (Å²) in [6.45, 7) is 5.05. The van der Waals surface area contributed by atoms with Crippen molar-refractivity contribution in [2.75, 3.05) is 6.26 Å². The fourth-order valence-electron chi connectivity index (χ4n) is 1.83. The van der Waals surface area contributed by atoms with Gasteiger partial charge >= 0.3 is 0 Å². The molecule has 2 aromatic rings. The minimum absolute atomic E-state index is 0.453. The standard InChI is InChI=1S/C17H20ClNOS/c1-12(2)19-11-13-4-9-17(16(18)10-13)20-14-5-7-15(21-3)8-6-14/h4-10,12,19H,11H2,1-3H3. The van der Waals surface area contributed by atoms with Gasteiger partial charge in [0.1, 0.15) is 11.5 Å². The number of benzene rings is 2. The molecule has 0 bridgehead atoms. The average Bonchev–Trinajstić information content (AvgIpc) is 2.48. The maximum Gasteiger partial charge on any atom is 0.146 e. The van der Waals surface area contributed by atoms with Gasteiger partial charge in [-0.3, -0.25) is 0 Å². The van der Waals surface area contributed by atoms with Gasteiger partial charge in [-0.25, -0.2) is 0 Å². The summed E-state index contributed by atoms with van der Waals surface area (Å²) in [5.74, 6) is 1.48. The first-order valence-electron chi connectivity index (χ1n) is 6.92. The number of thioether (sulfide) groups is 1. The Balaban J connectivity index is 2.06. The molecule has 0 heterocycles. The van der Waals surface area contributed by atoms with E-state index >= 15 is 0 Å². The minimum atomic E-state index is 0.453. The fourth-order valence-corrected chi connectivity index (χ4v) is 2.48. The van der Waals surface area contributed by atoms with Crippen LogP contribution in [0, 0.1) is 0 Å². The molecule has 0 aliphatic carbocycles. The summed E-state index contributed by atoms with van der Waals surface area (Å²) >= 11 is 8.00. The van der Waals surface area contributed by atoms with Gasteiger partial charge in [0.25, 0.3) is 0 Å². The zero-order chi connectivity index (χ0) is 15.2. The molecule has 0 fully saturated rings. The smallest absolute Gasteiger partial charge is 0.146 e. The number of nitrogens with one attached hydrogen (secondary N) is 1. The summed E-state index contributed by atoms with van der Waals surface area (Å²) in [5.41, 5.74) is 1.15. The third-order valence-electron chi connectivity index (χ3n) is 3.00. The van der Waals surface area contributed by atoms with E-state index in [2.05, 4.69) is 25.4 Å². The Kier molecular flexibility index (Phi) is 5.97. The lowest BCUT2D eigenvalue weighted by atomic mass is 10.2. The van der Waals surface area contributed by atoms with Gasteiger partial charge in [-0.05, 0) is 48.2 Å². The van der Waals surface area contributed by atoms with Crippen LogP contribution in [0.4, 0.5) is 0 Å². The Labute approximate surface area is 135 Å². The first kappa shape index (κ1) is 16.2. The number of hydrogen-bond donors (Lipinski definition) is 1. The molecule has 4 heteroatoms. The predicted molar refractivity (Wildman–Crippen MR) is 91.7 cm³/mol. The van der Waals surface area contributed by atoms with E-state index < -0.39 is 0 Å². The SMILES string of the molecule is CSc1ccc(Oc2ccc(CNC(C)C)cc2Cl)cc1. The molecule has 0 amide bonds. The Morgan fingerprint density at radius 3 is 2.43 bits per heavy atom. The summed E-state index contributed by atoms with van der Waals surface area (Å²) in [5, 5.41) is 4.00. The highest BCUT2D eigenvalue weighted by molar-refractivity contribution is 7.98. The Bertz CT molecular complexity index is 584. The van der Waals surface area contributed by atoms with Gasteiger partial charge in [0, 0.05) is 17.5 Å². The summed E-state index contributed by atoms with van der Waals surface area (Å²) in [4.78, 5) is 1.21. The number of hydrogen-bond acceptors (Lipinski definition) is 3. The predicted octanol–water partition coefficient (Wildman–Crippen LogP) is 5.35. The largest absolute Gasteiger partial charge is 0.456 e. The first-order valence-corrected chi connectivity index (χ1v) is 8.52. The van der Waals surface area contributed by atoms with Crippen LogP contribution in [-0.4, -0.2) is 12.3 Å². The second-order valence-electron chi connectivity index (χ2n) is 5.08. The van der Waals surface area contributed by atoms with Crippen LogP contribution < -0.4 is 10.1 Å². The molecule has 0 unspecified atom stereocenters. The molecule has 0 radical (unpaired) electrons. The fraction of sp³-hybridized carbons (Fsp3) is 0.294. The second kappa shape index (κ2) is 7.74. The monoisotopic (exact) mass is 321 g/mol. The minimum Gasteiger partial charge on any atom is -0.456 e. The summed E-state index contributed by atoms with van der Waals surface area (Å²) in [6, 6.07) is 14.3. The van der Waals surface area contributed by atoms with Crippen molar-refractivity contribution >= 4 is 23.4 Å². The van der Waals surface area contributed by atoms with Gasteiger partial charge < -0.3 is 10.1 Å². The van der Waals surface area contributed by atoms with Gasteiger partial charge in [0.05, 0.1) is 5.02 Å². The van der Waals surface area contributed by atoms with Crippen molar-refractivity contribution in [3.05, 3.63) is 53.1 Å². The van der Waals surface area contributed by atoms with E-state index in [4.69, 9.17) is 16.3 Å². The maximum absolute atomic E-state index is 6.30. The van der Waals surface area contributed by atoms with Crippen molar-refractivity contribution in [3.8, 4) is 11.5 Å². The van der Waals surface area contributed by atoms with Crippen LogP contribution in [-0.2, 0) is 6.54 Å². The number of ether oxygens (including phenoxy) is 1. The highest BCUT2D eigenvalue weighted by Crippen LogP contribution is 2.31. The summed E-state index contributed by atoms with van der Waals surface area (Å²) in [7, 11) is 0. The lowest BCUT2D eigenvalue weighted by Gasteiger charge is -2.11. The van der Waals surface area contributed by atoms with Crippen molar-refractivity contribution in [2.24, 2.45) is 0 Å². The van der Waals surface area contributed by atoms with E-state index in [1.165, 1.54) is 4.90 Å². The van der Waals surface area contributed by atoms with Gasteiger partial charge in [-0.1, -0.05) is 31.5 Å². The van der Waals surface area contributed by atoms with E-state index in [1.807, 2.05) is 42.5 Å². The third-order valence-corrected chi connectivity index (χ3v) is 4.04. The van der Waals surface area contributed by atoms with E-state index in [-0.39, 0.29) is 0 Å². The molecule has 0 aromatic heterocycles. The van der Waals surface area contributed by atoms with Crippen LogP contribution in [0.15, 0.2) is 47.4 Å². The van der Waals surface area contributed by atoms with Crippen molar-refractivity contribution < 1.29 is 4.74 Å². The van der Waals surface area contributed by atoms with E-state index in [1.54, 1.807) is 11.8 Å². The summed E-state index contributed by atoms with van der Waals surface area (Å²) < 4.78 is 5.83. The van der Waals surface area contributed by atoms with Crippen LogP contribution in [0.5, 0.6) is 11.5 Å². The highest BCUT2D eigenvalue weighted by atomic mass is 35.5. The maximum atomic E-state index is 6.30. The Hall–Kier alpha value is -1.16. The van der Waals surface area contributed by atoms with Crippen molar-refractivity contribution in [2.45, 2.75) is 31.3 Å². The molecular formula is C17H20ClNOS. The molecular weight excluding hydrogens is 302 g/mol. The van der Waals surface area contributed by atoms with E-state index in [0.717, 1.165) is 17.9 Å². The molecule has 0 atom stereocenters. The number of rotatable bonds is 6. The average molecular weight is 322 g/mol. The molecule has 1 N–H and O–H groups in total. The van der Waals surface area contributed by atoms with Crippen molar-refractivity contribution in [1.29, 1.82) is 0 Å². The zero-order valence-electron chi connectivity index (χ0n) is 12.5. The van der Waals surface area contributed by atoms with Gasteiger partial charge in [-0.2, -0.15) is 0 Å². The lowest BCUT2D eigenvalue weighted by Crippen LogP contribution is -2.21. The Morgan fingerprint density at radius 2 is 1.86 bits per heavy atom. The van der Waals surface area contributed by atoms with Crippen LogP contribution in [0.3, 0.4) is 0 Å². The zero-order valence-corrected chi connectivity index (χ0v) is 14.1. The normalized spacial score (nSPS) is 10.9. The molecule has 2 aromatic carbocycles. The van der Waals surface area contributed by atoms with Gasteiger partial charge in [0.2, 0.25) is 0 Å². The van der Waals surface area contributed by atoms with Crippen LogP contribution in [0.1, 0.15) is 19.4 Å². The van der Waals surface area contributed by atoms with Gasteiger partial charge in [0.15, 0.2) is 0 Å². The molecule has 0 aliphatic heterocycles. The van der Waals surface area contributed by atoms with E-state index in [0.29, 0.717) is 16.8 Å². The van der Waals surface area contributed by atoms with Crippen LogP contribution in [0.2, 0.25) is 5.02 Å². The topological polar surface area (TPSA) is 21.3 Å². The molecule has 0 saturated carbocycles. The lowest BCUT2D eigenvalue weighted by molar-refractivity contribution is 0.482. The summed E-state index contributed by atoms with van der Waals surface area (Å²) in [6.07, 6.45) is 2.05. The first-order chi connectivity index (χ1) is 10.1. The molecule has 21 heavy (non-hydrogen) atoms. The molecule has 0 spiro atoms. The van der Waals surface area contributed by atoms with Crippen LogP contribution >= 0.6 is 23.4 Å². The Morgan fingerprint density at radius 1 is 1.14 bits per heavy atom. The third kappa shape index (κ3) is 4.95. The van der Waals surface area contributed by atoms with Gasteiger partial charge in [-0.15, -0.1) is 11.8 Å². The molecule has 2 nitrogen and oxygen atoms in total. The van der Waals surface area contributed by atoms with E-state index in [9.17, 15) is 0 Å².